The van der Waals surface area contributed by atoms with E-state index in [1.165, 1.54) is 18.2 Å². The Hall–Kier alpha value is -2.25. The van der Waals surface area contributed by atoms with Crippen LogP contribution in [0, 0.1) is 24.0 Å². The van der Waals surface area contributed by atoms with Crippen LogP contribution in [0.5, 0.6) is 0 Å². The van der Waals surface area contributed by atoms with E-state index in [-0.39, 0.29) is 10.6 Å². The molecule has 0 aliphatic rings. The van der Waals surface area contributed by atoms with Crippen LogP contribution in [0.1, 0.15) is 11.1 Å². The minimum Gasteiger partial charge on any atom is -0.282 e. The van der Waals surface area contributed by atoms with Crippen molar-refractivity contribution in [1.82, 2.24) is 0 Å². The van der Waals surface area contributed by atoms with Crippen LogP contribution in [0.3, 0.4) is 0 Å². The summed E-state index contributed by atoms with van der Waals surface area (Å²) in [7, 11) is -4.05. The van der Waals surface area contributed by atoms with Gasteiger partial charge in [0.05, 0.1) is 9.82 Å². The summed E-state index contributed by atoms with van der Waals surface area (Å²) in [6, 6.07) is 12.7. The van der Waals surface area contributed by atoms with E-state index < -0.39 is 15.0 Å². The van der Waals surface area contributed by atoms with E-state index in [1.807, 2.05) is 6.92 Å². The number of benzene rings is 2. The SMILES string of the molecule is Cc1ccc(S(=O)(=O)O)c(C)c1.O=[N+]([O-])c1ccccc1. The van der Waals surface area contributed by atoms with Crippen molar-refractivity contribution in [3.8, 4) is 0 Å². The van der Waals surface area contributed by atoms with Crippen LogP contribution < -0.4 is 0 Å². The fourth-order valence-electron chi connectivity index (χ4n) is 1.64. The highest BCUT2D eigenvalue weighted by molar-refractivity contribution is 7.85. The van der Waals surface area contributed by atoms with Gasteiger partial charge >= 0.3 is 0 Å². The molecule has 2 aromatic rings. The minimum absolute atomic E-state index is 0.0203. The molecule has 0 atom stereocenters. The average Bonchev–Trinajstić information content (AvgIpc) is 2.38. The summed E-state index contributed by atoms with van der Waals surface area (Å²) < 4.78 is 30.2. The Morgan fingerprint density at radius 2 is 1.62 bits per heavy atom. The lowest BCUT2D eigenvalue weighted by Gasteiger charge is -2.02. The van der Waals surface area contributed by atoms with Crippen molar-refractivity contribution in [2.45, 2.75) is 18.7 Å². The van der Waals surface area contributed by atoms with Gasteiger partial charge in [0.15, 0.2) is 0 Å². The molecule has 0 spiro atoms. The zero-order chi connectivity index (χ0) is 16.0. The van der Waals surface area contributed by atoms with Crippen molar-refractivity contribution in [2.24, 2.45) is 0 Å². The van der Waals surface area contributed by atoms with Gasteiger partial charge in [0.1, 0.15) is 0 Å². The van der Waals surface area contributed by atoms with Crippen LogP contribution in [0.2, 0.25) is 0 Å². The Morgan fingerprint density at radius 3 is 2.00 bits per heavy atom. The second-order valence-electron chi connectivity index (χ2n) is 4.34. The number of rotatable bonds is 2. The molecule has 7 heteroatoms. The van der Waals surface area contributed by atoms with Crippen LogP contribution in [-0.2, 0) is 10.1 Å². The Bertz CT molecular complexity index is 726. The topological polar surface area (TPSA) is 97.5 Å². The fraction of sp³-hybridized carbons (Fsp3) is 0.143. The van der Waals surface area contributed by atoms with Crippen LogP contribution in [0.15, 0.2) is 53.4 Å². The number of para-hydroxylation sites is 1. The van der Waals surface area contributed by atoms with Gasteiger partial charge in [0.2, 0.25) is 0 Å². The van der Waals surface area contributed by atoms with Crippen molar-refractivity contribution in [3.05, 3.63) is 69.8 Å². The summed E-state index contributed by atoms with van der Waals surface area (Å²) >= 11 is 0. The van der Waals surface area contributed by atoms with Crippen molar-refractivity contribution in [2.75, 3.05) is 0 Å². The lowest BCUT2D eigenvalue weighted by molar-refractivity contribution is -0.384. The van der Waals surface area contributed by atoms with E-state index in [9.17, 15) is 18.5 Å². The van der Waals surface area contributed by atoms with E-state index >= 15 is 0 Å². The normalized spacial score (nSPS) is 10.4. The molecule has 0 aliphatic carbocycles. The first kappa shape index (κ1) is 16.8. The number of nitro benzene ring substituents is 1. The molecule has 21 heavy (non-hydrogen) atoms. The Kier molecular flexibility index (Phi) is 5.57. The quantitative estimate of drug-likeness (QED) is 0.522. The standard InChI is InChI=1S/C8H10O3S.C6H5NO2/c1-6-3-4-8(7(2)5-6)12(9,10)11;8-7(9)6-4-2-1-3-5-6/h3-5H,1-2H3,(H,9,10,11);1-5H. The second kappa shape index (κ2) is 6.96. The number of aryl methyl sites for hydroxylation is 2. The maximum atomic E-state index is 10.7. The molecule has 0 heterocycles. The van der Waals surface area contributed by atoms with E-state index in [2.05, 4.69) is 0 Å². The monoisotopic (exact) mass is 309 g/mol. The van der Waals surface area contributed by atoms with Crippen LogP contribution in [-0.4, -0.2) is 17.9 Å². The molecule has 0 saturated carbocycles. The molecule has 0 fully saturated rings. The Labute approximate surface area is 123 Å². The first-order valence-electron chi connectivity index (χ1n) is 5.96. The van der Waals surface area contributed by atoms with Crippen LogP contribution in [0.4, 0.5) is 5.69 Å². The summed E-state index contributed by atoms with van der Waals surface area (Å²) in [5.41, 5.74) is 1.68. The Morgan fingerprint density at radius 1 is 1.05 bits per heavy atom. The van der Waals surface area contributed by atoms with Crippen LogP contribution in [0.25, 0.3) is 0 Å². The molecule has 0 amide bonds. The fourth-order valence-corrected chi connectivity index (χ4v) is 2.34. The summed E-state index contributed by atoms with van der Waals surface area (Å²) in [6.07, 6.45) is 0. The molecule has 0 saturated heterocycles. The molecule has 0 aromatic heterocycles. The van der Waals surface area contributed by atoms with E-state index in [0.29, 0.717) is 5.56 Å². The predicted octanol–water partition coefficient (Wildman–Crippen LogP) is 3.14. The minimum atomic E-state index is -4.05. The average molecular weight is 309 g/mol. The summed E-state index contributed by atoms with van der Waals surface area (Å²) in [5.74, 6) is 0. The van der Waals surface area contributed by atoms with Gasteiger partial charge in [0, 0.05) is 12.1 Å². The van der Waals surface area contributed by atoms with Crippen molar-refractivity contribution in [3.63, 3.8) is 0 Å². The lowest BCUT2D eigenvalue weighted by atomic mass is 10.2. The highest BCUT2D eigenvalue weighted by Crippen LogP contribution is 2.15. The van der Waals surface area contributed by atoms with Crippen LogP contribution >= 0.6 is 0 Å². The number of hydrogen-bond donors (Lipinski definition) is 1. The van der Waals surface area contributed by atoms with Crippen molar-refractivity contribution in [1.29, 1.82) is 0 Å². The zero-order valence-corrected chi connectivity index (χ0v) is 12.4. The van der Waals surface area contributed by atoms with Gasteiger partial charge in [-0.3, -0.25) is 14.7 Å². The maximum absolute atomic E-state index is 10.7. The molecular weight excluding hydrogens is 294 g/mol. The molecule has 0 aliphatic heterocycles. The Balaban J connectivity index is 0.000000219. The number of hydrogen-bond acceptors (Lipinski definition) is 4. The van der Waals surface area contributed by atoms with E-state index in [1.54, 1.807) is 37.3 Å². The molecular formula is C14H15NO5S. The molecule has 1 N–H and O–H groups in total. The smallest absolute Gasteiger partial charge is 0.282 e. The summed E-state index contributed by atoms with van der Waals surface area (Å²) in [5, 5.41) is 10.0. The summed E-state index contributed by atoms with van der Waals surface area (Å²) in [4.78, 5) is 9.57. The third kappa shape index (κ3) is 5.33. The van der Waals surface area contributed by atoms with Gasteiger partial charge in [-0.1, -0.05) is 35.9 Å². The van der Waals surface area contributed by atoms with Gasteiger partial charge in [-0.2, -0.15) is 8.42 Å². The lowest BCUT2D eigenvalue weighted by Crippen LogP contribution is -2.00. The van der Waals surface area contributed by atoms with Crippen molar-refractivity contribution < 1.29 is 17.9 Å². The zero-order valence-electron chi connectivity index (χ0n) is 11.6. The van der Waals surface area contributed by atoms with E-state index in [0.717, 1.165) is 5.56 Å². The molecule has 0 bridgehead atoms. The highest BCUT2D eigenvalue weighted by Gasteiger charge is 2.11. The van der Waals surface area contributed by atoms with E-state index in [4.69, 9.17) is 4.55 Å². The summed E-state index contributed by atoms with van der Waals surface area (Å²) in [6.45, 7) is 3.51. The number of nitro groups is 1. The number of non-ortho nitro benzene ring substituents is 1. The van der Waals surface area contributed by atoms with Crippen molar-refractivity contribution >= 4 is 15.8 Å². The van der Waals surface area contributed by atoms with Gasteiger partial charge in [-0.15, -0.1) is 0 Å². The van der Waals surface area contributed by atoms with Gasteiger partial charge in [-0.05, 0) is 25.5 Å². The van der Waals surface area contributed by atoms with Gasteiger partial charge in [0.25, 0.3) is 15.8 Å². The molecule has 6 nitrogen and oxygen atoms in total. The molecule has 2 rings (SSSR count). The predicted molar refractivity (Wildman–Crippen MR) is 78.8 cm³/mol. The molecule has 2 aromatic carbocycles. The largest absolute Gasteiger partial charge is 0.294 e. The first-order chi connectivity index (χ1) is 9.71. The number of nitrogens with zero attached hydrogens (tertiary/aromatic N) is 1. The first-order valence-corrected chi connectivity index (χ1v) is 7.40. The third-order valence-corrected chi connectivity index (χ3v) is 3.59. The van der Waals surface area contributed by atoms with Gasteiger partial charge in [-0.25, -0.2) is 0 Å². The highest BCUT2D eigenvalue weighted by atomic mass is 32.2. The molecule has 112 valence electrons. The third-order valence-electron chi connectivity index (χ3n) is 2.58. The molecule has 0 unspecified atom stereocenters. The molecule has 0 radical (unpaired) electrons. The second-order valence-corrected chi connectivity index (χ2v) is 5.73. The maximum Gasteiger partial charge on any atom is 0.294 e. The van der Waals surface area contributed by atoms with Gasteiger partial charge < -0.3 is 0 Å².